The molecule has 0 aromatic rings. The van der Waals surface area contributed by atoms with Crippen LogP contribution in [0.5, 0.6) is 0 Å². The van der Waals surface area contributed by atoms with Crippen molar-refractivity contribution in [1.29, 1.82) is 0 Å². The van der Waals surface area contributed by atoms with E-state index in [2.05, 4.69) is 4.74 Å². The lowest BCUT2D eigenvalue weighted by Crippen LogP contribution is -2.56. The molecule has 0 aliphatic carbocycles. The summed E-state index contributed by atoms with van der Waals surface area (Å²) < 4.78 is 53.6. The topological polar surface area (TPSA) is 68.2 Å². The Labute approximate surface area is 138 Å². The van der Waals surface area contributed by atoms with Gasteiger partial charge in [-0.2, -0.15) is 13.2 Å². The van der Waals surface area contributed by atoms with Crippen molar-refractivity contribution in [3.8, 4) is 0 Å². The fourth-order valence-corrected chi connectivity index (χ4v) is 3.24. The normalized spacial score (nSPS) is 32.5. The van der Waals surface area contributed by atoms with Crippen LogP contribution in [0.4, 0.5) is 13.2 Å². The first-order valence-electron chi connectivity index (χ1n) is 8.07. The van der Waals surface area contributed by atoms with Gasteiger partial charge in [0.25, 0.3) is 0 Å². The summed E-state index contributed by atoms with van der Waals surface area (Å²) in [5.41, 5.74) is 0. The van der Waals surface area contributed by atoms with Crippen molar-refractivity contribution in [1.82, 2.24) is 4.90 Å². The first kappa shape index (κ1) is 19.4. The molecule has 9 heteroatoms. The fraction of sp³-hybridized carbons (Fsp3) is 0.933. The molecule has 24 heavy (non-hydrogen) atoms. The van der Waals surface area contributed by atoms with Gasteiger partial charge in [0, 0.05) is 19.1 Å². The number of nitrogens with zero attached hydrogens (tertiary/aromatic N) is 1. The largest absolute Gasteiger partial charge is 0.469 e. The maximum atomic E-state index is 12.6. The molecule has 2 heterocycles. The molecule has 1 N–H and O–H groups in total. The van der Waals surface area contributed by atoms with Gasteiger partial charge in [0.05, 0.1) is 51.5 Å². The molecule has 0 saturated carbocycles. The van der Waals surface area contributed by atoms with Gasteiger partial charge in [-0.1, -0.05) is 0 Å². The Morgan fingerprint density at radius 2 is 2.08 bits per heavy atom. The standard InChI is InChI=1S/C15H24F3NO5/c1-22-14(21)6-11-2-3-12-13(24-11)9-23-8-10(20)7-19(12)5-4-15(16,17)18/h10-13,20H,2-9H2,1H3/t10-,11+,12-,13+/m0/s1. The smallest absolute Gasteiger partial charge is 0.390 e. The van der Waals surface area contributed by atoms with Crippen LogP contribution in [0.25, 0.3) is 0 Å². The van der Waals surface area contributed by atoms with Crippen LogP contribution in [-0.2, 0) is 19.0 Å². The lowest BCUT2D eigenvalue weighted by molar-refractivity contribution is -0.172. The van der Waals surface area contributed by atoms with E-state index in [1.165, 1.54) is 7.11 Å². The van der Waals surface area contributed by atoms with Crippen molar-refractivity contribution < 1.29 is 37.3 Å². The molecule has 0 radical (unpaired) electrons. The number of hydrogen-bond donors (Lipinski definition) is 1. The predicted octanol–water partition coefficient (Wildman–Crippen LogP) is 1.11. The van der Waals surface area contributed by atoms with Crippen molar-refractivity contribution in [2.45, 2.75) is 56.2 Å². The Morgan fingerprint density at radius 3 is 2.75 bits per heavy atom. The van der Waals surface area contributed by atoms with E-state index in [-0.39, 0.29) is 50.8 Å². The molecule has 0 spiro atoms. The number of aliphatic hydroxyl groups excluding tert-OH is 1. The number of aliphatic hydroxyl groups is 1. The minimum Gasteiger partial charge on any atom is -0.469 e. The Balaban J connectivity index is 2.01. The fourth-order valence-electron chi connectivity index (χ4n) is 3.24. The number of fused-ring (bicyclic) bond motifs is 1. The van der Waals surface area contributed by atoms with E-state index >= 15 is 0 Å². The van der Waals surface area contributed by atoms with Crippen LogP contribution in [0.3, 0.4) is 0 Å². The molecule has 6 nitrogen and oxygen atoms in total. The van der Waals surface area contributed by atoms with Crippen molar-refractivity contribution in [2.24, 2.45) is 0 Å². The monoisotopic (exact) mass is 355 g/mol. The predicted molar refractivity (Wildman–Crippen MR) is 77.4 cm³/mol. The van der Waals surface area contributed by atoms with Crippen molar-refractivity contribution >= 4 is 5.97 Å². The molecular formula is C15H24F3NO5. The van der Waals surface area contributed by atoms with Crippen LogP contribution >= 0.6 is 0 Å². The molecule has 2 fully saturated rings. The summed E-state index contributed by atoms with van der Waals surface area (Å²) in [5.74, 6) is -0.380. The Kier molecular flexibility index (Phi) is 6.85. The maximum Gasteiger partial charge on any atom is 0.390 e. The maximum absolute atomic E-state index is 12.6. The summed E-state index contributed by atoms with van der Waals surface area (Å²) in [5, 5.41) is 9.86. The Morgan fingerprint density at radius 1 is 1.33 bits per heavy atom. The van der Waals surface area contributed by atoms with E-state index in [1.807, 2.05) is 0 Å². The second kappa shape index (κ2) is 8.46. The molecule has 2 aliphatic heterocycles. The molecular weight excluding hydrogens is 331 g/mol. The molecule has 0 amide bonds. The molecule has 0 aromatic carbocycles. The number of β-amino-alcohol motifs (C(OH)–C–C–N with tert-alkyl or cyclic N) is 1. The summed E-state index contributed by atoms with van der Waals surface area (Å²) in [6.07, 6.45) is -5.50. The summed E-state index contributed by atoms with van der Waals surface area (Å²) in [6, 6.07) is -0.267. The minimum atomic E-state index is -4.25. The number of hydrogen-bond acceptors (Lipinski definition) is 6. The molecule has 2 rings (SSSR count). The molecule has 2 aliphatic rings. The quantitative estimate of drug-likeness (QED) is 0.762. The van der Waals surface area contributed by atoms with Gasteiger partial charge in [-0.25, -0.2) is 0 Å². The molecule has 4 atom stereocenters. The first-order chi connectivity index (χ1) is 11.3. The van der Waals surface area contributed by atoms with Crippen LogP contribution < -0.4 is 0 Å². The highest BCUT2D eigenvalue weighted by Crippen LogP contribution is 2.29. The van der Waals surface area contributed by atoms with Gasteiger partial charge in [-0.15, -0.1) is 0 Å². The van der Waals surface area contributed by atoms with E-state index in [9.17, 15) is 23.1 Å². The number of methoxy groups -OCH3 is 1. The zero-order chi connectivity index (χ0) is 17.7. The lowest BCUT2D eigenvalue weighted by Gasteiger charge is -2.44. The number of rotatable bonds is 4. The van der Waals surface area contributed by atoms with Gasteiger partial charge in [0.15, 0.2) is 0 Å². The molecule has 0 unspecified atom stereocenters. The van der Waals surface area contributed by atoms with Gasteiger partial charge < -0.3 is 19.3 Å². The van der Waals surface area contributed by atoms with E-state index in [1.54, 1.807) is 4.90 Å². The average molecular weight is 355 g/mol. The second-order valence-electron chi connectivity index (χ2n) is 6.27. The van der Waals surface area contributed by atoms with Crippen LogP contribution in [-0.4, -0.2) is 79.9 Å². The van der Waals surface area contributed by atoms with Crippen molar-refractivity contribution in [3.05, 3.63) is 0 Å². The first-order valence-corrected chi connectivity index (χ1v) is 8.07. The number of ether oxygens (including phenoxy) is 3. The van der Waals surface area contributed by atoms with Crippen LogP contribution in [0.1, 0.15) is 25.7 Å². The number of carbonyl (C=O) groups excluding carboxylic acids is 1. The third-order valence-corrected chi connectivity index (χ3v) is 4.39. The Hall–Kier alpha value is -0.900. The molecule has 2 saturated heterocycles. The molecule has 0 bridgehead atoms. The average Bonchev–Trinajstić information content (AvgIpc) is 2.49. The van der Waals surface area contributed by atoms with Crippen LogP contribution in [0.2, 0.25) is 0 Å². The summed E-state index contributed by atoms with van der Waals surface area (Å²) in [7, 11) is 1.30. The highest BCUT2D eigenvalue weighted by atomic mass is 19.4. The number of esters is 1. The molecule has 0 aromatic heterocycles. The van der Waals surface area contributed by atoms with Gasteiger partial charge in [0.2, 0.25) is 0 Å². The minimum absolute atomic E-state index is 0.0523. The second-order valence-corrected chi connectivity index (χ2v) is 6.27. The Bertz CT molecular complexity index is 420. The van der Waals surface area contributed by atoms with E-state index < -0.39 is 24.8 Å². The van der Waals surface area contributed by atoms with Crippen LogP contribution in [0, 0.1) is 0 Å². The summed E-state index contributed by atoms with van der Waals surface area (Å²) >= 11 is 0. The summed E-state index contributed by atoms with van der Waals surface area (Å²) in [4.78, 5) is 13.0. The number of alkyl halides is 3. The van der Waals surface area contributed by atoms with Gasteiger partial charge >= 0.3 is 12.1 Å². The SMILES string of the molecule is COC(=O)C[C@H]1CC[C@H]2[C@@H](COC[C@@H](O)CN2CCC(F)(F)F)O1. The van der Waals surface area contributed by atoms with Crippen molar-refractivity contribution in [3.63, 3.8) is 0 Å². The van der Waals surface area contributed by atoms with Crippen LogP contribution in [0.15, 0.2) is 0 Å². The molecule has 140 valence electrons. The zero-order valence-electron chi connectivity index (χ0n) is 13.6. The highest BCUT2D eigenvalue weighted by molar-refractivity contribution is 5.69. The summed E-state index contributed by atoms with van der Waals surface area (Å²) in [6.45, 7) is 0.160. The van der Waals surface area contributed by atoms with E-state index in [0.29, 0.717) is 12.8 Å². The lowest BCUT2D eigenvalue weighted by atomic mass is 9.94. The van der Waals surface area contributed by atoms with Gasteiger partial charge in [-0.05, 0) is 12.8 Å². The number of halogens is 3. The van der Waals surface area contributed by atoms with E-state index in [0.717, 1.165) is 0 Å². The van der Waals surface area contributed by atoms with Gasteiger partial charge in [-0.3, -0.25) is 9.69 Å². The third-order valence-electron chi connectivity index (χ3n) is 4.39. The van der Waals surface area contributed by atoms with E-state index in [4.69, 9.17) is 9.47 Å². The highest BCUT2D eigenvalue weighted by Gasteiger charge is 2.39. The number of carbonyl (C=O) groups is 1. The third kappa shape index (κ3) is 5.87. The van der Waals surface area contributed by atoms with Gasteiger partial charge in [0.1, 0.15) is 0 Å². The zero-order valence-corrected chi connectivity index (χ0v) is 13.6. The van der Waals surface area contributed by atoms with Crippen molar-refractivity contribution in [2.75, 3.05) is 33.4 Å².